The van der Waals surface area contributed by atoms with E-state index in [2.05, 4.69) is 17.2 Å². The van der Waals surface area contributed by atoms with Gasteiger partial charge in [0.05, 0.1) is 12.9 Å². The second kappa shape index (κ2) is 7.38. The molecule has 1 fully saturated rings. The highest BCUT2D eigenvalue weighted by Crippen LogP contribution is 2.20. The maximum Gasteiger partial charge on any atom is 0.407 e. The van der Waals surface area contributed by atoms with Crippen LogP contribution in [0.1, 0.15) is 40.0 Å². The second-order valence-electron chi connectivity index (χ2n) is 5.86. The highest BCUT2D eigenvalue weighted by Gasteiger charge is 2.30. The number of hydrogen-bond donors (Lipinski definition) is 2. The average Bonchev–Trinajstić information content (AvgIpc) is 2.22. The molecule has 110 valence electrons. The molecule has 0 aromatic heterocycles. The number of alkyl carbamates (subject to hydrolysis) is 1. The largest absolute Gasteiger partial charge is 0.502 e. The molecule has 0 unspecified atom stereocenters. The lowest BCUT2D eigenvalue weighted by Gasteiger charge is -2.36. The van der Waals surface area contributed by atoms with Crippen molar-refractivity contribution in [2.75, 3.05) is 13.2 Å². The van der Waals surface area contributed by atoms with Crippen molar-refractivity contribution in [2.24, 2.45) is 0 Å². The molecule has 0 aromatic rings. The van der Waals surface area contributed by atoms with Crippen molar-refractivity contribution in [1.29, 1.82) is 0 Å². The highest BCUT2D eigenvalue weighted by atomic mass is 16.6. The van der Waals surface area contributed by atoms with Gasteiger partial charge in [0.25, 0.3) is 0 Å². The van der Waals surface area contributed by atoms with Crippen LogP contribution >= 0.6 is 0 Å². The molecule has 2 N–H and O–H groups in total. The molecule has 5 heteroatoms. The zero-order chi connectivity index (χ0) is 14.3. The summed E-state index contributed by atoms with van der Waals surface area (Å²) in [7, 11) is 0. The van der Waals surface area contributed by atoms with Crippen molar-refractivity contribution >= 4 is 6.09 Å². The predicted molar refractivity (Wildman–Crippen MR) is 74.9 cm³/mol. The Morgan fingerprint density at radius 3 is 2.63 bits per heavy atom. The van der Waals surface area contributed by atoms with E-state index in [4.69, 9.17) is 9.47 Å². The predicted octanol–water partition coefficient (Wildman–Crippen LogP) is 2.18. The van der Waals surface area contributed by atoms with Crippen LogP contribution in [0.5, 0.6) is 0 Å². The van der Waals surface area contributed by atoms with Crippen LogP contribution in [-0.2, 0) is 9.47 Å². The van der Waals surface area contributed by atoms with Crippen LogP contribution in [-0.4, -0.2) is 36.9 Å². The van der Waals surface area contributed by atoms with E-state index in [0.717, 1.165) is 25.8 Å². The van der Waals surface area contributed by atoms with Gasteiger partial charge in [0.15, 0.2) is 0 Å². The Morgan fingerprint density at radius 2 is 2.05 bits per heavy atom. The molecule has 1 aliphatic rings. The Labute approximate surface area is 115 Å². The monoisotopic (exact) mass is 270 g/mol. The minimum absolute atomic E-state index is 0.233. The van der Waals surface area contributed by atoms with Crippen LogP contribution in [0.25, 0.3) is 0 Å². The fourth-order valence-electron chi connectivity index (χ4n) is 1.92. The maximum absolute atomic E-state index is 11.5. The maximum atomic E-state index is 11.5. The van der Waals surface area contributed by atoms with Crippen molar-refractivity contribution in [3.05, 3.63) is 12.8 Å². The van der Waals surface area contributed by atoms with E-state index < -0.39 is 5.60 Å². The van der Waals surface area contributed by atoms with Crippen molar-refractivity contribution in [1.82, 2.24) is 10.6 Å². The fraction of sp³-hybridized carbons (Fsp3) is 0.786. The number of amides is 1. The van der Waals surface area contributed by atoms with Crippen LogP contribution in [0, 0.1) is 0 Å². The first-order valence-corrected chi connectivity index (χ1v) is 6.86. The van der Waals surface area contributed by atoms with Gasteiger partial charge < -0.3 is 20.1 Å². The fourth-order valence-corrected chi connectivity index (χ4v) is 1.92. The van der Waals surface area contributed by atoms with Crippen molar-refractivity contribution < 1.29 is 14.3 Å². The normalized spacial score (nSPS) is 22.3. The Bertz CT molecular complexity index is 294. The van der Waals surface area contributed by atoms with Gasteiger partial charge in [0.2, 0.25) is 0 Å². The lowest BCUT2D eigenvalue weighted by atomic mass is 9.87. The van der Waals surface area contributed by atoms with E-state index in [9.17, 15) is 4.79 Å². The molecule has 0 bridgehead atoms. The number of carbonyl (C=O) groups is 1. The van der Waals surface area contributed by atoms with E-state index in [0.29, 0.717) is 12.6 Å². The summed E-state index contributed by atoms with van der Waals surface area (Å²) < 4.78 is 10.2. The first-order chi connectivity index (χ1) is 8.90. The number of carbonyl (C=O) groups excluding carboxylic acids is 1. The lowest BCUT2D eigenvalue weighted by molar-refractivity contribution is 0.0465. The van der Waals surface area contributed by atoms with Crippen LogP contribution in [0.3, 0.4) is 0 Å². The molecule has 5 nitrogen and oxygen atoms in total. The van der Waals surface area contributed by atoms with Gasteiger partial charge in [-0.25, -0.2) is 4.79 Å². The standard InChI is InChI=1S/C14H26N2O3/c1-5-18-8-6-7-15-11-9-12(10-11)16-13(17)19-14(2,3)4/h5,11-12,15H,1,6-10H2,2-4H3,(H,16,17). The number of rotatable bonds is 7. The van der Waals surface area contributed by atoms with Gasteiger partial charge in [-0.05, 0) is 46.6 Å². The molecular formula is C14H26N2O3. The number of ether oxygens (including phenoxy) is 2. The quantitative estimate of drug-likeness (QED) is 0.550. The van der Waals surface area contributed by atoms with E-state index in [-0.39, 0.29) is 12.1 Å². The molecule has 19 heavy (non-hydrogen) atoms. The molecule has 1 saturated carbocycles. The Balaban J connectivity index is 2.01. The summed E-state index contributed by atoms with van der Waals surface area (Å²) in [6.45, 7) is 10.7. The van der Waals surface area contributed by atoms with Gasteiger partial charge in [-0.1, -0.05) is 6.58 Å². The van der Waals surface area contributed by atoms with E-state index in [1.165, 1.54) is 6.26 Å². The van der Waals surface area contributed by atoms with Crippen molar-refractivity contribution in [2.45, 2.75) is 57.7 Å². The summed E-state index contributed by atoms with van der Waals surface area (Å²) in [4.78, 5) is 11.5. The molecule has 0 aromatic carbocycles. The zero-order valence-corrected chi connectivity index (χ0v) is 12.2. The van der Waals surface area contributed by atoms with Gasteiger partial charge >= 0.3 is 6.09 Å². The molecular weight excluding hydrogens is 244 g/mol. The average molecular weight is 270 g/mol. The molecule has 1 rings (SSSR count). The Morgan fingerprint density at radius 1 is 1.37 bits per heavy atom. The molecule has 0 spiro atoms. The van der Waals surface area contributed by atoms with Gasteiger partial charge in [0.1, 0.15) is 5.60 Å². The Hall–Kier alpha value is -1.23. The summed E-state index contributed by atoms with van der Waals surface area (Å²) in [5.41, 5.74) is -0.434. The molecule has 0 atom stereocenters. The SMILES string of the molecule is C=COCCCNC1CC(NC(=O)OC(C)(C)C)C1. The van der Waals surface area contributed by atoms with Crippen molar-refractivity contribution in [3.8, 4) is 0 Å². The van der Waals surface area contributed by atoms with Gasteiger partial charge in [-0.15, -0.1) is 0 Å². The molecule has 1 aliphatic carbocycles. The molecule has 1 amide bonds. The molecule has 0 heterocycles. The Kier molecular flexibility index (Phi) is 6.15. The highest BCUT2D eigenvalue weighted by molar-refractivity contribution is 5.68. The summed E-state index contributed by atoms with van der Waals surface area (Å²) >= 11 is 0. The first kappa shape index (κ1) is 15.8. The van der Waals surface area contributed by atoms with E-state index in [1.54, 1.807) is 0 Å². The van der Waals surface area contributed by atoms with E-state index in [1.807, 2.05) is 20.8 Å². The van der Waals surface area contributed by atoms with Crippen LogP contribution in [0.4, 0.5) is 4.79 Å². The van der Waals surface area contributed by atoms with Gasteiger partial charge in [-0.3, -0.25) is 0 Å². The zero-order valence-electron chi connectivity index (χ0n) is 12.2. The topological polar surface area (TPSA) is 59.6 Å². The van der Waals surface area contributed by atoms with E-state index >= 15 is 0 Å². The number of nitrogens with one attached hydrogen (secondary N) is 2. The minimum atomic E-state index is -0.434. The van der Waals surface area contributed by atoms with Crippen molar-refractivity contribution in [3.63, 3.8) is 0 Å². The summed E-state index contributed by atoms with van der Waals surface area (Å²) in [6.07, 6.45) is 4.02. The molecule has 0 saturated heterocycles. The van der Waals surface area contributed by atoms with Gasteiger partial charge in [0, 0.05) is 12.1 Å². The lowest BCUT2D eigenvalue weighted by Crippen LogP contribution is -2.53. The first-order valence-electron chi connectivity index (χ1n) is 6.86. The number of hydrogen-bond acceptors (Lipinski definition) is 4. The van der Waals surface area contributed by atoms with Gasteiger partial charge in [-0.2, -0.15) is 0 Å². The summed E-state index contributed by atoms with van der Waals surface area (Å²) in [5.74, 6) is 0. The summed E-state index contributed by atoms with van der Waals surface area (Å²) in [5, 5.41) is 6.30. The minimum Gasteiger partial charge on any atom is -0.502 e. The third-order valence-corrected chi connectivity index (χ3v) is 2.85. The third-order valence-electron chi connectivity index (χ3n) is 2.85. The third kappa shape index (κ3) is 7.06. The van der Waals surface area contributed by atoms with Crippen LogP contribution in [0.15, 0.2) is 12.8 Å². The second-order valence-corrected chi connectivity index (χ2v) is 5.86. The summed E-state index contributed by atoms with van der Waals surface area (Å²) in [6, 6.07) is 0.723. The smallest absolute Gasteiger partial charge is 0.407 e. The molecule has 0 radical (unpaired) electrons. The van der Waals surface area contributed by atoms with Crippen LogP contribution in [0.2, 0.25) is 0 Å². The van der Waals surface area contributed by atoms with Crippen LogP contribution < -0.4 is 10.6 Å². The molecule has 0 aliphatic heterocycles.